The molecule has 4 rings (SSSR count). The van der Waals surface area contributed by atoms with Gasteiger partial charge in [0.2, 0.25) is 0 Å². The normalized spacial score (nSPS) is 13.4. The smallest absolute Gasteiger partial charge is 0.122 e. The van der Waals surface area contributed by atoms with Crippen molar-refractivity contribution in [2.24, 2.45) is 5.41 Å². The third-order valence-corrected chi connectivity index (χ3v) is 6.49. The van der Waals surface area contributed by atoms with Gasteiger partial charge >= 0.3 is 0 Å². The Morgan fingerprint density at radius 3 is 2.09 bits per heavy atom. The molecule has 1 N–H and O–H groups in total. The second-order valence-electron chi connectivity index (χ2n) is 11.1. The van der Waals surface area contributed by atoms with E-state index in [9.17, 15) is 5.11 Å². The van der Waals surface area contributed by atoms with Gasteiger partial charge in [0.05, 0.1) is 5.69 Å². The summed E-state index contributed by atoms with van der Waals surface area (Å²) in [5, 5.41) is 20.4. The number of aromatic nitrogens is 3. The summed E-state index contributed by atoms with van der Waals surface area (Å²) in [7, 11) is 0. The Kier molecular flexibility index (Phi) is 5.81. The molecule has 4 heteroatoms. The average molecular weight is 442 g/mol. The van der Waals surface area contributed by atoms with Crippen LogP contribution >= 0.6 is 0 Å². The van der Waals surface area contributed by atoms with Gasteiger partial charge in [0.25, 0.3) is 0 Å². The minimum atomic E-state index is -0.0196. The molecule has 1 atom stereocenters. The van der Waals surface area contributed by atoms with Crippen molar-refractivity contribution < 1.29 is 5.11 Å². The first kappa shape index (κ1) is 23.0. The van der Waals surface area contributed by atoms with Crippen LogP contribution in [0.2, 0.25) is 0 Å². The van der Waals surface area contributed by atoms with Gasteiger partial charge in [-0.3, -0.25) is 0 Å². The molecular weight excluding hydrogens is 406 g/mol. The first-order valence-electron chi connectivity index (χ1n) is 11.7. The Hall–Kier alpha value is -3.14. The van der Waals surface area contributed by atoms with Gasteiger partial charge in [-0.2, -0.15) is 4.80 Å². The zero-order chi connectivity index (χ0) is 24.0. The van der Waals surface area contributed by atoms with E-state index >= 15 is 0 Å². The lowest BCUT2D eigenvalue weighted by Crippen LogP contribution is -2.25. The Bertz CT molecular complexity index is 1260. The van der Waals surface area contributed by atoms with Crippen LogP contribution in [-0.2, 0) is 5.41 Å². The Labute approximate surface area is 197 Å². The van der Waals surface area contributed by atoms with Gasteiger partial charge < -0.3 is 5.11 Å². The third-order valence-electron chi connectivity index (χ3n) is 6.49. The van der Waals surface area contributed by atoms with Crippen LogP contribution in [0, 0.1) is 12.3 Å². The highest BCUT2D eigenvalue weighted by Gasteiger charge is 2.29. The molecule has 0 spiro atoms. The minimum Gasteiger partial charge on any atom is -0.507 e. The maximum absolute atomic E-state index is 10.8. The highest BCUT2D eigenvalue weighted by Crippen LogP contribution is 2.40. The van der Waals surface area contributed by atoms with Crippen LogP contribution in [0.3, 0.4) is 0 Å². The summed E-state index contributed by atoms with van der Waals surface area (Å²) in [4.78, 5) is 1.76. The van der Waals surface area contributed by atoms with E-state index in [1.807, 2.05) is 49.4 Å². The highest BCUT2D eigenvalue weighted by molar-refractivity contribution is 5.73. The molecule has 0 amide bonds. The number of aromatic hydroxyl groups is 1. The van der Waals surface area contributed by atoms with Crippen LogP contribution in [0.1, 0.15) is 76.1 Å². The van der Waals surface area contributed by atoms with Gasteiger partial charge in [0.15, 0.2) is 0 Å². The van der Waals surface area contributed by atoms with E-state index in [4.69, 9.17) is 10.2 Å². The molecule has 0 fully saturated rings. The van der Waals surface area contributed by atoms with Crippen molar-refractivity contribution in [2.75, 3.05) is 0 Å². The maximum atomic E-state index is 10.8. The summed E-state index contributed by atoms with van der Waals surface area (Å²) in [6, 6.07) is 20.5. The van der Waals surface area contributed by atoms with Crippen molar-refractivity contribution in [2.45, 2.75) is 66.2 Å². The van der Waals surface area contributed by atoms with E-state index in [-0.39, 0.29) is 16.7 Å². The zero-order valence-corrected chi connectivity index (χ0v) is 20.8. The van der Waals surface area contributed by atoms with Crippen LogP contribution in [0.15, 0.2) is 60.7 Å². The fourth-order valence-corrected chi connectivity index (χ4v) is 5.10. The van der Waals surface area contributed by atoms with Gasteiger partial charge in [0, 0.05) is 11.5 Å². The van der Waals surface area contributed by atoms with Gasteiger partial charge in [-0.05, 0) is 59.1 Å². The number of phenolic OH excluding ortho intramolecular Hbond substituents is 1. The predicted molar refractivity (Wildman–Crippen MR) is 136 cm³/mol. The molecule has 172 valence electrons. The number of hydrogen-bond donors (Lipinski definition) is 1. The third kappa shape index (κ3) is 4.66. The predicted octanol–water partition coefficient (Wildman–Crippen LogP) is 7.30. The fourth-order valence-electron chi connectivity index (χ4n) is 5.10. The molecular formula is C29H35N3O. The number of aryl methyl sites for hydroxylation is 1. The summed E-state index contributed by atoms with van der Waals surface area (Å²) in [5.74, 6) is 0.334. The summed E-state index contributed by atoms with van der Waals surface area (Å²) < 4.78 is 0. The van der Waals surface area contributed by atoms with E-state index in [2.05, 4.69) is 59.7 Å². The lowest BCUT2D eigenvalue weighted by molar-refractivity contribution is 0.284. The summed E-state index contributed by atoms with van der Waals surface area (Å²) in [6.45, 7) is 15.5. The van der Waals surface area contributed by atoms with Crippen molar-refractivity contribution in [3.63, 3.8) is 0 Å². The largest absolute Gasteiger partial charge is 0.507 e. The second-order valence-corrected chi connectivity index (χ2v) is 11.1. The average Bonchev–Trinajstić information content (AvgIpc) is 3.17. The van der Waals surface area contributed by atoms with Gasteiger partial charge in [-0.1, -0.05) is 84.0 Å². The minimum absolute atomic E-state index is 0.00713. The fraction of sp³-hybridized carbons (Fsp3) is 0.379. The second kappa shape index (κ2) is 8.33. The van der Waals surface area contributed by atoms with Crippen molar-refractivity contribution in [1.82, 2.24) is 15.0 Å². The van der Waals surface area contributed by atoms with Crippen LogP contribution in [0.5, 0.6) is 5.75 Å². The molecule has 4 nitrogen and oxygen atoms in total. The zero-order valence-electron chi connectivity index (χ0n) is 20.8. The lowest BCUT2D eigenvalue weighted by Gasteiger charge is -2.33. The molecule has 0 saturated heterocycles. The van der Waals surface area contributed by atoms with E-state index < -0.39 is 0 Å². The number of hydrogen-bond acceptors (Lipinski definition) is 3. The number of para-hydroxylation sites is 1. The SMILES string of the molecule is Cc1cccc(C(C)c2ccc(C(C)(C)CC(C)(C)C)cc2-n2nc3ccccc3n2)c1O. The number of fused-ring (bicyclic) bond motifs is 1. The van der Waals surface area contributed by atoms with Crippen molar-refractivity contribution in [3.05, 3.63) is 82.9 Å². The first-order valence-corrected chi connectivity index (χ1v) is 11.7. The van der Waals surface area contributed by atoms with E-state index in [0.717, 1.165) is 39.8 Å². The molecule has 0 radical (unpaired) electrons. The van der Waals surface area contributed by atoms with Crippen molar-refractivity contribution in [3.8, 4) is 11.4 Å². The van der Waals surface area contributed by atoms with E-state index in [0.29, 0.717) is 5.75 Å². The first-order chi connectivity index (χ1) is 15.5. The maximum Gasteiger partial charge on any atom is 0.122 e. The summed E-state index contributed by atoms with van der Waals surface area (Å²) in [5.41, 5.74) is 7.04. The topological polar surface area (TPSA) is 50.9 Å². The number of phenols is 1. The number of rotatable bonds is 5. The summed E-state index contributed by atoms with van der Waals surface area (Å²) >= 11 is 0. The van der Waals surface area contributed by atoms with Crippen LogP contribution in [-0.4, -0.2) is 20.1 Å². The van der Waals surface area contributed by atoms with Crippen molar-refractivity contribution >= 4 is 11.0 Å². The Morgan fingerprint density at radius 1 is 0.848 bits per heavy atom. The van der Waals surface area contributed by atoms with E-state index in [1.165, 1.54) is 5.56 Å². The molecule has 0 aliphatic heterocycles. The molecule has 4 aromatic rings. The molecule has 3 aromatic carbocycles. The molecule has 1 unspecified atom stereocenters. The van der Waals surface area contributed by atoms with Gasteiger partial charge in [0.1, 0.15) is 16.8 Å². The van der Waals surface area contributed by atoms with Gasteiger partial charge in [-0.25, -0.2) is 0 Å². The number of benzene rings is 3. The molecule has 1 aromatic heterocycles. The molecule has 0 bridgehead atoms. The summed E-state index contributed by atoms with van der Waals surface area (Å²) in [6.07, 6.45) is 1.06. The molecule has 0 aliphatic carbocycles. The Morgan fingerprint density at radius 2 is 1.48 bits per heavy atom. The van der Waals surface area contributed by atoms with Crippen molar-refractivity contribution in [1.29, 1.82) is 0 Å². The molecule has 0 aliphatic rings. The Balaban J connectivity index is 1.90. The number of nitrogens with zero attached hydrogens (tertiary/aromatic N) is 3. The van der Waals surface area contributed by atoms with Crippen LogP contribution in [0.25, 0.3) is 16.7 Å². The standard InChI is InChI=1S/C29H35N3O/c1-19-11-10-12-23(27(19)33)20(2)22-16-15-21(29(6,7)18-28(3,4)5)17-26(22)32-30-24-13-8-9-14-25(24)31-32/h8-17,20,33H,18H2,1-7H3. The van der Waals surface area contributed by atoms with Crippen LogP contribution in [0.4, 0.5) is 0 Å². The highest BCUT2D eigenvalue weighted by atomic mass is 16.3. The lowest BCUT2D eigenvalue weighted by atomic mass is 9.72. The van der Waals surface area contributed by atoms with E-state index in [1.54, 1.807) is 4.80 Å². The van der Waals surface area contributed by atoms with Crippen LogP contribution < -0.4 is 0 Å². The monoisotopic (exact) mass is 441 g/mol. The molecule has 33 heavy (non-hydrogen) atoms. The van der Waals surface area contributed by atoms with Gasteiger partial charge in [-0.15, -0.1) is 10.2 Å². The molecule has 0 saturated carbocycles. The quantitative estimate of drug-likeness (QED) is 0.353. The molecule has 1 heterocycles.